The smallest absolute Gasteiger partial charge is 0.307 e. The van der Waals surface area contributed by atoms with Gasteiger partial charge in [-0.25, -0.2) is 0 Å². The zero-order valence-electron chi connectivity index (χ0n) is 9.58. The molecule has 0 aliphatic carbocycles. The van der Waals surface area contributed by atoms with E-state index in [-0.39, 0.29) is 5.76 Å². The number of carbonyl (C=O) groups is 3. The lowest BCUT2D eigenvalue weighted by atomic mass is 10.3. The molecule has 2 amide bonds. The number of carbonyl (C=O) groups excluding carboxylic acids is 3. The van der Waals surface area contributed by atoms with Gasteiger partial charge in [0.25, 0.3) is 0 Å². The number of allylic oxidation sites excluding steroid dienone is 2. The molecule has 0 fully saturated rings. The Morgan fingerprint density at radius 3 is 1.53 bits per heavy atom. The third-order valence-electron chi connectivity index (χ3n) is 1.77. The summed E-state index contributed by atoms with van der Waals surface area (Å²) < 4.78 is 4.79. The van der Waals surface area contributed by atoms with Crippen LogP contribution in [0.4, 0.5) is 0 Å². The van der Waals surface area contributed by atoms with Gasteiger partial charge < -0.3 is 4.74 Å². The molecule has 0 N–H and O–H groups in total. The van der Waals surface area contributed by atoms with Gasteiger partial charge in [0.1, 0.15) is 5.76 Å². The van der Waals surface area contributed by atoms with Crippen LogP contribution in [0.25, 0.3) is 0 Å². The minimum absolute atomic E-state index is 0.243. The summed E-state index contributed by atoms with van der Waals surface area (Å²) >= 11 is 0. The third-order valence-corrected chi connectivity index (χ3v) is 1.77. The standard InChI is InChI=1S/C10H15NO4/c1-6(7(2)15-10(5)14)11(8(3)12)9(4)13/h1-5H3. The topological polar surface area (TPSA) is 63.7 Å². The van der Waals surface area contributed by atoms with Crippen LogP contribution in [0, 0.1) is 0 Å². The first kappa shape index (κ1) is 13.4. The summed E-state index contributed by atoms with van der Waals surface area (Å²) in [6.07, 6.45) is 0. The van der Waals surface area contributed by atoms with E-state index in [4.69, 9.17) is 4.74 Å². The summed E-state index contributed by atoms with van der Waals surface area (Å²) in [5.74, 6) is -1.06. The van der Waals surface area contributed by atoms with Crippen molar-refractivity contribution in [3.8, 4) is 0 Å². The molecule has 0 unspecified atom stereocenters. The molecule has 0 rings (SSSR count). The van der Waals surface area contributed by atoms with E-state index in [9.17, 15) is 14.4 Å². The maximum Gasteiger partial charge on any atom is 0.307 e. The van der Waals surface area contributed by atoms with E-state index in [1.807, 2.05) is 0 Å². The number of hydrogen-bond donors (Lipinski definition) is 0. The third kappa shape index (κ3) is 3.93. The molecule has 0 saturated heterocycles. The second-order valence-electron chi connectivity index (χ2n) is 3.11. The van der Waals surface area contributed by atoms with Crippen molar-refractivity contribution >= 4 is 17.8 Å². The highest BCUT2D eigenvalue weighted by atomic mass is 16.5. The summed E-state index contributed by atoms with van der Waals surface area (Å²) in [4.78, 5) is 33.9. The van der Waals surface area contributed by atoms with E-state index in [0.717, 1.165) is 4.90 Å². The number of hydrogen-bond acceptors (Lipinski definition) is 4. The number of amides is 2. The normalized spacial score (nSPS) is 11.5. The lowest BCUT2D eigenvalue weighted by molar-refractivity contribution is -0.142. The summed E-state index contributed by atoms with van der Waals surface area (Å²) in [6.45, 7) is 6.86. The highest BCUT2D eigenvalue weighted by Gasteiger charge is 2.18. The van der Waals surface area contributed by atoms with Gasteiger partial charge in [0.2, 0.25) is 11.8 Å². The monoisotopic (exact) mass is 213 g/mol. The van der Waals surface area contributed by atoms with Crippen LogP contribution >= 0.6 is 0 Å². The van der Waals surface area contributed by atoms with Crippen LogP contribution < -0.4 is 0 Å². The summed E-state index contributed by atoms with van der Waals surface area (Å²) in [5, 5.41) is 0. The number of nitrogens with zero attached hydrogens (tertiary/aromatic N) is 1. The van der Waals surface area contributed by atoms with Crippen molar-refractivity contribution in [2.75, 3.05) is 0 Å². The molecule has 0 saturated carbocycles. The molecule has 0 atom stereocenters. The van der Waals surface area contributed by atoms with Gasteiger partial charge in [-0.1, -0.05) is 0 Å². The van der Waals surface area contributed by atoms with Crippen LogP contribution in [0.15, 0.2) is 11.5 Å². The Hall–Kier alpha value is -1.65. The lowest BCUT2D eigenvalue weighted by Crippen LogP contribution is -2.32. The van der Waals surface area contributed by atoms with Gasteiger partial charge in [0, 0.05) is 20.8 Å². The van der Waals surface area contributed by atoms with Crippen LogP contribution in [0.3, 0.4) is 0 Å². The van der Waals surface area contributed by atoms with Crippen LogP contribution in [0.1, 0.15) is 34.6 Å². The Labute approximate surface area is 88.7 Å². The van der Waals surface area contributed by atoms with E-state index < -0.39 is 17.8 Å². The minimum Gasteiger partial charge on any atom is -0.430 e. The van der Waals surface area contributed by atoms with Gasteiger partial charge in [-0.15, -0.1) is 0 Å². The van der Waals surface area contributed by atoms with Crippen molar-refractivity contribution in [3.63, 3.8) is 0 Å². The zero-order chi connectivity index (χ0) is 12.2. The summed E-state index contributed by atoms with van der Waals surface area (Å²) in [5.41, 5.74) is 0.324. The zero-order valence-corrected chi connectivity index (χ0v) is 9.58. The predicted molar refractivity (Wildman–Crippen MR) is 53.3 cm³/mol. The average Bonchev–Trinajstić information content (AvgIpc) is 2.00. The molecule has 15 heavy (non-hydrogen) atoms. The summed E-state index contributed by atoms with van der Waals surface area (Å²) in [6, 6.07) is 0. The molecule has 5 nitrogen and oxygen atoms in total. The molecule has 0 heterocycles. The number of esters is 1. The molecule has 0 aromatic rings. The maximum absolute atomic E-state index is 11.1. The second-order valence-corrected chi connectivity index (χ2v) is 3.11. The molecule has 0 aromatic carbocycles. The van der Waals surface area contributed by atoms with Gasteiger partial charge in [-0.3, -0.25) is 19.3 Å². The first-order valence-electron chi connectivity index (χ1n) is 4.44. The molecule has 5 heteroatoms. The van der Waals surface area contributed by atoms with Crippen LogP contribution in [-0.4, -0.2) is 22.7 Å². The second kappa shape index (κ2) is 5.29. The average molecular weight is 213 g/mol. The van der Waals surface area contributed by atoms with Crippen molar-refractivity contribution < 1.29 is 19.1 Å². The van der Waals surface area contributed by atoms with Crippen LogP contribution in [-0.2, 0) is 19.1 Å². The highest BCUT2D eigenvalue weighted by Crippen LogP contribution is 2.11. The van der Waals surface area contributed by atoms with E-state index in [1.54, 1.807) is 6.92 Å². The van der Waals surface area contributed by atoms with E-state index in [2.05, 4.69) is 0 Å². The highest BCUT2D eigenvalue weighted by molar-refractivity contribution is 5.95. The maximum atomic E-state index is 11.1. The fraction of sp³-hybridized carbons (Fsp3) is 0.500. The lowest BCUT2D eigenvalue weighted by Gasteiger charge is -2.19. The molecular weight excluding hydrogens is 198 g/mol. The predicted octanol–water partition coefficient (Wildman–Crippen LogP) is 1.20. The summed E-state index contributed by atoms with van der Waals surface area (Å²) in [7, 11) is 0. The van der Waals surface area contributed by atoms with Gasteiger partial charge >= 0.3 is 5.97 Å². The van der Waals surface area contributed by atoms with Gasteiger partial charge in [-0.05, 0) is 13.8 Å². The van der Waals surface area contributed by atoms with Gasteiger partial charge in [0.15, 0.2) is 0 Å². The largest absolute Gasteiger partial charge is 0.430 e. The van der Waals surface area contributed by atoms with E-state index in [0.29, 0.717) is 5.70 Å². The quantitative estimate of drug-likeness (QED) is 0.510. The number of rotatable bonds is 2. The SMILES string of the molecule is CC(=O)OC(C)=C(C)N(C(C)=O)C(C)=O. The first-order chi connectivity index (χ1) is 6.77. The Morgan fingerprint density at radius 1 is 0.867 bits per heavy atom. The molecule has 0 aliphatic rings. The van der Waals surface area contributed by atoms with E-state index >= 15 is 0 Å². The van der Waals surface area contributed by atoms with Gasteiger partial charge in [0.05, 0.1) is 5.70 Å². The van der Waals surface area contributed by atoms with E-state index in [1.165, 1.54) is 27.7 Å². The van der Waals surface area contributed by atoms with Crippen molar-refractivity contribution in [1.82, 2.24) is 4.90 Å². The van der Waals surface area contributed by atoms with Crippen molar-refractivity contribution in [1.29, 1.82) is 0 Å². The Morgan fingerprint density at radius 2 is 1.27 bits per heavy atom. The molecule has 0 bridgehead atoms. The molecular formula is C10H15NO4. The van der Waals surface area contributed by atoms with Crippen molar-refractivity contribution in [2.24, 2.45) is 0 Å². The van der Waals surface area contributed by atoms with Crippen LogP contribution in [0.5, 0.6) is 0 Å². The fourth-order valence-electron chi connectivity index (χ4n) is 1.14. The number of ether oxygens (including phenoxy) is 1. The van der Waals surface area contributed by atoms with Crippen molar-refractivity contribution in [3.05, 3.63) is 11.5 Å². The Balaban J connectivity index is 5.06. The molecule has 84 valence electrons. The van der Waals surface area contributed by atoms with Gasteiger partial charge in [-0.2, -0.15) is 0 Å². The Kier molecular flexibility index (Phi) is 4.70. The molecule has 0 aromatic heterocycles. The number of imide groups is 1. The molecule has 0 aliphatic heterocycles. The minimum atomic E-state index is -0.487. The van der Waals surface area contributed by atoms with Crippen molar-refractivity contribution in [2.45, 2.75) is 34.6 Å². The van der Waals surface area contributed by atoms with Crippen LogP contribution in [0.2, 0.25) is 0 Å². The fourth-order valence-corrected chi connectivity index (χ4v) is 1.14. The molecule has 0 spiro atoms. The Bertz CT molecular complexity index is 316. The molecule has 0 radical (unpaired) electrons. The first-order valence-corrected chi connectivity index (χ1v) is 4.44.